The number of sulfonamides is 1. The Hall–Kier alpha value is -2.35. The molecule has 0 aliphatic carbocycles. The molecular weight excluding hydrogens is 318 g/mol. The summed E-state index contributed by atoms with van der Waals surface area (Å²) < 4.78 is 29.6. The van der Waals surface area contributed by atoms with E-state index in [4.69, 9.17) is 4.52 Å². The fraction of sp³-hybridized carbons (Fsp3) is 0.333. The molecule has 1 heterocycles. The van der Waals surface area contributed by atoms with E-state index in [-0.39, 0.29) is 24.7 Å². The number of carbonyl (C=O) groups is 1. The number of nitrogens with zero attached hydrogens (tertiary/aromatic N) is 2. The molecule has 0 fully saturated rings. The zero-order valence-corrected chi connectivity index (χ0v) is 13.8. The molecule has 124 valence electrons. The van der Waals surface area contributed by atoms with Crippen LogP contribution in [0.2, 0.25) is 0 Å². The quantitative estimate of drug-likeness (QED) is 0.825. The van der Waals surface area contributed by atoms with Crippen molar-refractivity contribution in [1.29, 1.82) is 0 Å². The summed E-state index contributed by atoms with van der Waals surface area (Å²) in [6.45, 7) is 2.08. The monoisotopic (exact) mass is 337 g/mol. The van der Waals surface area contributed by atoms with E-state index in [1.165, 1.54) is 6.07 Å². The molecule has 0 atom stereocenters. The minimum absolute atomic E-state index is 0.00539. The van der Waals surface area contributed by atoms with E-state index >= 15 is 0 Å². The molecule has 0 bridgehead atoms. The number of aryl methyl sites for hydroxylation is 1. The van der Waals surface area contributed by atoms with Crippen molar-refractivity contribution < 1.29 is 17.7 Å². The van der Waals surface area contributed by atoms with Gasteiger partial charge >= 0.3 is 0 Å². The highest BCUT2D eigenvalue weighted by atomic mass is 32.2. The van der Waals surface area contributed by atoms with Gasteiger partial charge in [-0.25, -0.2) is 8.42 Å². The third-order valence-corrected chi connectivity index (χ3v) is 4.32. The Labute approximate surface area is 135 Å². The first-order valence-corrected chi connectivity index (χ1v) is 8.93. The van der Waals surface area contributed by atoms with E-state index in [9.17, 15) is 13.2 Å². The van der Waals surface area contributed by atoms with Gasteiger partial charge in [0.05, 0.1) is 6.26 Å². The SMILES string of the molecule is Cc1cc(N(CCC(=O)NCc2ccccc2)S(C)(=O)=O)no1. The Morgan fingerprint density at radius 1 is 1.30 bits per heavy atom. The van der Waals surface area contributed by atoms with Gasteiger partial charge in [0.1, 0.15) is 5.76 Å². The van der Waals surface area contributed by atoms with Crippen LogP contribution >= 0.6 is 0 Å². The molecule has 0 aliphatic rings. The van der Waals surface area contributed by atoms with Gasteiger partial charge in [-0.05, 0) is 12.5 Å². The molecule has 0 aliphatic heterocycles. The largest absolute Gasteiger partial charge is 0.360 e. The molecule has 0 saturated carbocycles. The van der Waals surface area contributed by atoms with Gasteiger partial charge in [-0.2, -0.15) is 0 Å². The molecule has 1 N–H and O–H groups in total. The standard InChI is InChI=1S/C15H19N3O4S/c1-12-10-14(17-22-12)18(23(2,20)21)9-8-15(19)16-11-13-6-4-3-5-7-13/h3-7,10H,8-9,11H2,1-2H3,(H,16,19). The molecule has 0 radical (unpaired) electrons. The second-order valence-electron chi connectivity index (χ2n) is 5.14. The van der Waals surface area contributed by atoms with Crippen LogP contribution in [-0.2, 0) is 21.4 Å². The van der Waals surface area contributed by atoms with Crippen molar-refractivity contribution in [2.45, 2.75) is 19.9 Å². The summed E-state index contributed by atoms with van der Waals surface area (Å²) in [5.74, 6) is 0.450. The van der Waals surface area contributed by atoms with Crippen LogP contribution in [0.3, 0.4) is 0 Å². The third kappa shape index (κ3) is 5.10. The predicted octanol–water partition coefficient (Wildman–Crippen LogP) is 1.46. The molecule has 0 unspecified atom stereocenters. The van der Waals surface area contributed by atoms with Crippen LogP contribution < -0.4 is 9.62 Å². The number of nitrogens with one attached hydrogen (secondary N) is 1. The van der Waals surface area contributed by atoms with E-state index in [2.05, 4.69) is 10.5 Å². The van der Waals surface area contributed by atoms with Gasteiger partial charge in [0.2, 0.25) is 15.9 Å². The summed E-state index contributed by atoms with van der Waals surface area (Å²) in [7, 11) is -3.54. The molecular formula is C15H19N3O4S. The maximum absolute atomic E-state index is 11.9. The number of amides is 1. The van der Waals surface area contributed by atoms with E-state index < -0.39 is 10.0 Å². The lowest BCUT2D eigenvalue weighted by Gasteiger charge is -2.18. The first-order valence-electron chi connectivity index (χ1n) is 7.08. The molecule has 2 rings (SSSR count). The Morgan fingerprint density at radius 3 is 2.57 bits per heavy atom. The Kier molecular flexibility index (Phi) is 5.38. The van der Waals surface area contributed by atoms with Crippen LogP contribution in [0, 0.1) is 6.92 Å². The van der Waals surface area contributed by atoms with Crippen molar-refractivity contribution in [2.75, 3.05) is 17.1 Å². The van der Waals surface area contributed by atoms with E-state index in [1.54, 1.807) is 6.92 Å². The van der Waals surface area contributed by atoms with Crippen LogP contribution in [0.1, 0.15) is 17.7 Å². The molecule has 23 heavy (non-hydrogen) atoms. The average molecular weight is 337 g/mol. The van der Waals surface area contributed by atoms with Gasteiger partial charge in [-0.1, -0.05) is 35.5 Å². The smallest absolute Gasteiger partial charge is 0.233 e. The third-order valence-electron chi connectivity index (χ3n) is 3.15. The first-order chi connectivity index (χ1) is 10.9. The number of carbonyl (C=O) groups excluding carboxylic acids is 1. The highest BCUT2D eigenvalue weighted by Gasteiger charge is 2.21. The second-order valence-corrected chi connectivity index (χ2v) is 7.05. The first kappa shape index (κ1) is 17.0. The van der Waals surface area contributed by atoms with E-state index in [1.807, 2.05) is 30.3 Å². The number of hydrogen-bond donors (Lipinski definition) is 1. The molecule has 8 heteroatoms. The Morgan fingerprint density at radius 2 is 2.00 bits per heavy atom. The summed E-state index contributed by atoms with van der Waals surface area (Å²) >= 11 is 0. The molecule has 2 aromatic rings. The molecule has 1 aromatic carbocycles. The summed E-state index contributed by atoms with van der Waals surface area (Å²) in [6, 6.07) is 11.0. The normalized spacial score (nSPS) is 11.2. The Bertz CT molecular complexity index is 756. The van der Waals surface area contributed by atoms with E-state index in [0.29, 0.717) is 12.3 Å². The molecule has 1 amide bonds. The molecule has 7 nitrogen and oxygen atoms in total. The van der Waals surface area contributed by atoms with Gasteiger partial charge in [-0.15, -0.1) is 0 Å². The van der Waals surface area contributed by atoms with Gasteiger partial charge in [0.15, 0.2) is 5.82 Å². The van der Waals surface area contributed by atoms with Crippen molar-refractivity contribution in [3.8, 4) is 0 Å². The van der Waals surface area contributed by atoms with Crippen LogP contribution in [0.5, 0.6) is 0 Å². The van der Waals surface area contributed by atoms with Gasteiger partial charge in [-0.3, -0.25) is 9.10 Å². The minimum atomic E-state index is -3.54. The van der Waals surface area contributed by atoms with Crippen molar-refractivity contribution in [3.05, 3.63) is 47.7 Å². The van der Waals surface area contributed by atoms with Crippen molar-refractivity contribution in [2.24, 2.45) is 0 Å². The zero-order valence-electron chi connectivity index (χ0n) is 13.0. The average Bonchev–Trinajstić information content (AvgIpc) is 2.91. The fourth-order valence-corrected chi connectivity index (χ4v) is 2.86. The van der Waals surface area contributed by atoms with Gasteiger partial charge in [0.25, 0.3) is 0 Å². The minimum Gasteiger partial charge on any atom is -0.360 e. The van der Waals surface area contributed by atoms with Gasteiger partial charge in [0, 0.05) is 25.6 Å². The summed E-state index contributed by atoms with van der Waals surface area (Å²) in [5, 5.41) is 6.45. The topological polar surface area (TPSA) is 92.5 Å². The lowest BCUT2D eigenvalue weighted by molar-refractivity contribution is -0.121. The number of rotatable bonds is 7. The number of aromatic nitrogens is 1. The number of benzene rings is 1. The predicted molar refractivity (Wildman–Crippen MR) is 86.3 cm³/mol. The van der Waals surface area contributed by atoms with Crippen LogP contribution in [-0.4, -0.2) is 32.3 Å². The van der Waals surface area contributed by atoms with Crippen LogP contribution in [0.4, 0.5) is 5.82 Å². The van der Waals surface area contributed by atoms with Crippen molar-refractivity contribution in [3.63, 3.8) is 0 Å². The molecule has 0 saturated heterocycles. The van der Waals surface area contributed by atoms with Crippen molar-refractivity contribution >= 4 is 21.7 Å². The number of hydrogen-bond acceptors (Lipinski definition) is 5. The fourth-order valence-electron chi connectivity index (χ4n) is 2.01. The lowest BCUT2D eigenvalue weighted by atomic mass is 10.2. The lowest BCUT2D eigenvalue weighted by Crippen LogP contribution is -2.34. The zero-order chi connectivity index (χ0) is 16.9. The highest BCUT2D eigenvalue weighted by Crippen LogP contribution is 2.17. The second kappa shape index (κ2) is 7.28. The van der Waals surface area contributed by atoms with Gasteiger partial charge < -0.3 is 9.84 Å². The van der Waals surface area contributed by atoms with Crippen molar-refractivity contribution in [1.82, 2.24) is 10.5 Å². The molecule has 0 spiro atoms. The van der Waals surface area contributed by atoms with Crippen LogP contribution in [0.15, 0.2) is 40.9 Å². The summed E-state index contributed by atoms with van der Waals surface area (Å²) in [4.78, 5) is 11.9. The van der Waals surface area contributed by atoms with E-state index in [0.717, 1.165) is 16.1 Å². The van der Waals surface area contributed by atoms with Crippen LogP contribution in [0.25, 0.3) is 0 Å². The number of anilines is 1. The Balaban J connectivity index is 1.92. The summed E-state index contributed by atoms with van der Waals surface area (Å²) in [6.07, 6.45) is 1.10. The highest BCUT2D eigenvalue weighted by molar-refractivity contribution is 7.92. The molecule has 1 aromatic heterocycles. The maximum atomic E-state index is 11.9. The summed E-state index contributed by atoms with van der Waals surface area (Å²) in [5.41, 5.74) is 0.980. The maximum Gasteiger partial charge on any atom is 0.233 e.